The van der Waals surface area contributed by atoms with E-state index in [-0.39, 0.29) is 5.83 Å². The van der Waals surface area contributed by atoms with Crippen molar-refractivity contribution in [2.45, 2.75) is 45.4 Å². The van der Waals surface area contributed by atoms with Gasteiger partial charge < -0.3 is 4.90 Å². The van der Waals surface area contributed by atoms with Crippen molar-refractivity contribution < 1.29 is 4.39 Å². The molecule has 0 unspecified atom stereocenters. The van der Waals surface area contributed by atoms with E-state index in [0.717, 1.165) is 30.4 Å². The van der Waals surface area contributed by atoms with Crippen LogP contribution < -0.4 is 0 Å². The highest BCUT2D eigenvalue weighted by Gasteiger charge is 2.37. The predicted octanol–water partition coefficient (Wildman–Crippen LogP) is 4.63. The van der Waals surface area contributed by atoms with Gasteiger partial charge in [-0.25, -0.2) is 4.39 Å². The van der Waals surface area contributed by atoms with Crippen LogP contribution in [0.2, 0.25) is 0 Å². The van der Waals surface area contributed by atoms with Crippen LogP contribution in [-0.2, 0) is 0 Å². The summed E-state index contributed by atoms with van der Waals surface area (Å²) in [6.07, 6.45) is 9.88. The van der Waals surface area contributed by atoms with E-state index in [4.69, 9.17) is 0 Å². The summed E-state index contributed by atoms with van der Waals surface area (Å²) in [6, 6.07) is 0. The van der Waals surface area contributed by atoms with Crippen molar-refractivity contribution in [2.24, 2.45) is 5.41 Å². The van der Waals surface area contributed by atoms with Gasteiger partial charge in [0.05, 0.1) is 0 Å². The monoisotopic (exact) mass is 263 g/mol. The Morgan fingerprint density at radius 2 is 2.05 bits per heavy atom. The fraction of sp³-hybridized carbons (Fsp3) is 0.647. The van der Waals surface area contributed by atoms with Gasteiger partial charge in [-0.2, -0.15) is 0 Å². The maximum atomic E-state index is 13.6. The Hall–Kier alpha value is -0.890. The molecule has 2 heteroatoms. The van der Waals surface area contributed by atoms with E-state index >= 15 is 0 Å². The van der Waals surface area contributed by atoms with E-state index in [1.807, 2.05) is 6.92 Å². The highest BCUT2D eigenvalue weighted by molar-refractivity contribution is 5.36. The summed E-state index contributed by atoms with van der Waals surface area (Å²) >= 11 is 0. The van der Waals surface area contributed by atoms with Crippen LogP contribution in [0, 0.1) is 5.41 Å². The van der Waals surface area contributed by atoms with Gasteiger partial charge in [0.25, 0.3) is 0 Å². The van der Waals surface area contributed by atoms with Gasteiger partial charge in [0.1, 0.15) is 5.83 Å². The summed E-state index contributed by atoms with van der Waals surface area (Å²) in [5.74, 6) is -0.0991. The number of allylic oxidation sites excluding steroid dienone is 5. The molecule has 0 bridgehead atoms. The molecule has 1 aliphatic heterocycles. The molecule has 1 saturated heterocycles. The zero-order chi connectivity index (χ0) is 13.9. The van der Waals surface area contributed by atoms with Crippen LogP contribution in [0.25, 0.3) is 0 Å². The van der Waals surface area contributed by atoms with E-state index in [1.54, 1.807) is 12.2 Å². The lowest BCUT2D eigenvalue weighted by atomic mass is 9.65. The molecular weight excluding hydrogens is 237 g/mol. The quantitative estimate of drug-likeness (QED) is 0.702. The Morgan fingerprint density at radius 1 is 1.37 bits per heavy atom. The second-order valence-corrected chi connectivity index (χ2v) is 6.25. The van der Waals surface area contributed by atoms with E-state index in [9.17, 15) is 4.39 Å². The topological polar surface area (TPSA) is 3.24 Å². The number of hydrogen-bond acceptors (Lipinski definition) is 1. The molecule has 2 rings (SSSR count). The average molecular weight is 263 g/mol. The third kappa shape index (κ3) is 3.56. The minimum atomic E-state index is -0.0991. The molecule has 106 valence electrons. The predicted molar refractivity (Wildman–Crippen MR) is 79.7 cm³/mol. The molecule has 19 heavy (non-hydrogen) atoms. The fourth-order valence-corrected chi connectivity index (χ4v) is 3.35. The molecule has 1 aliphatic carbocycles. The number of halogens is 1. The van der Waals surface area contributed by atoms with Crippen molar-refractivity contribution >= 4 is 0 Å². The number of likely N-dealkylation sites (tertiary alicyclic amines) is 1. The Morgan fingerprint density at radius 3 is 2.63 bits per heavy atom. The van der Waals surface area contributed by atoms with E-state index in [1.165, 1.54) is 32.4 Å². The van der Waals surface area contributed by atoms with Gasteiger partial charge in [0.15, 0.2) is 0 Å². The highest BCUT2D eigenvalue weighted by atomic mass is 19.1. The molecule has 1 saturated carbocycles. The van der Waals surface area contributed by atoms with Crippen molar-refractivity contribution in [1.82, 2.24) is 4.90 Å². The third-order valence-corrected chi connectivity index (χ3v) is 4.73. The number of nitrogens with zero attached hydrogens (tertiary/aromatic N) is 1. The SMILES string of the molecule is C=C1CC2(CC/C1=C/C(F)=C\CC)CCN(C)CC2. The van der Waals surface area contributed by atoms with E-state index in [0.29, 0.717) is 5.41 Å². The van der Waals surface area contributed by atoms with Crippen LogP contribution in [0.4, 0.5) is 4.39 Å². The van der Waals surface area contributed by atoms with E-state index in [2.05, 4.69) is 18.5 Å². The summed E-state index contributed by atoms with van der Waals surface area (Å²) in [7, 11) is 2.20. The van der Waals surface area contributed by atoms with Crippen molar-refractivity contribution in [1.29, 1.82) is 0 Å². The first-order valence-corrected chi connectivity index (χ1v) is 7.47. The molecule has 0 radical (unpaired) electrons. The highest BCUT2D eigenvalue weighted by Crippen LogP contribution is 2.47. The fourth-order valence-electron chi connectivity index (χ4n) is 3.35. The molecule has 1 heterocycles. The minimum Gasteiger partial charge on any atom is -0.306 e. The second-order valence-electron chi connectivity index (χ2n) is 6.25. The smallest absolute Gasteiger partial charge is 0.119 e. The third-order valence-electron chi connectivity index (χ3n) is 4.73. The Balaban J connectivity index is 2.02. The molecule has 0 aromatic carbocycles. The summed E-state index contributed by atoms with van der Waals surface area (Å²) in [4.78, 5) is 2.41. The molecule has 0 atom stereocenters. The molecule has 1 nitrogen and oxygen atoms in total. The second kappa shape index (κ2) is 6.04. The Labute approximate surface area is 116 Å². The zero-order valence-electron chi connectivity index (χ0n) is 12.3. The van der Waals surface area contributed by atoms with Gasteiger partial charge in [-0.3, -0.25) is 0 Å². The lowest BCUT2D eigenvalue weighted by molar-refractivity contribution is 0.106. The lowest BCUT2D eigenvalue weighted by Crippen LogP contribution is -2.39. The zero-order valence-corrected chi connectivity index (χ0v) is 12.3. The van der Waals surface area contributed by atoms with Gasteiger partial charge >= 0.3 is 0 Å². The van der Waals surface area contributed by atoms with Gasteiger partial charge in [0.2, 0.25) is 0 Å². The Bertz CT molecular complexity index is 397. The molecular formula is C17H26FN. The number of rotatable bonds is 2. The normalized spacial score (nSPS) is 27.2. The van der Waals surface area contributed by atoms with E-state index < -0.39 is 0 Å². The van der Waals surface area contributed by atoms with Crippen LogP contribution in [0.3, 0.4) is 0 Å². The molecule has 0 aromatic heterocycles. The molecule has 1 spiro atoms. The lowest BCUT2D eigenvalue weighted by Gasteiger charge is -2.44. The molecule has 0 amide bonds. The molecule has 2 fully saturated rings. The summed E-state index contributed by atoms with van der Waals surface area (Å²) < 4.78 is 13.6. The number of hydrogen-bond donors (Lipinski definition) is 0. The van der Waals surface area contributed by atoms with Crippen LogP contribution in [-0.4, -0.2) is 25.0 Å². The molecule has 0 N–H and O–H groups in total. The van der Waals surface area contributed by atoms with Crippen LogP contribution in [0.5, 0.6) is 0 Å². The first-order chi connectivity index (χ1) is 9.04. The molecule has 0 aromatic rings. The van der Waals surface area contributed by atoms with Gasteiger partial charge in [-0.05, 0) is 81.8 Å². The maximum absolute atomic E-state index is 13.6. The van der Waals surface area contributed by atoms with Crippen molar-refractivity contribution in [3.63, 3.8) is 0 Å². The largest absolute Gasteiger partial charge is 0.306 e. The van der Waals surface area contributed by atoms with Crippen LogP contribution >= 0.6 is 0 Å². The number of piperidine rings is 1. The maximum Gasteiger partial charge on any atom is 0.119 e. The molecule has 2 aliphatic rings. The average Bonchev–Trinajstić information content (AvgIpc) is 2.37. The van der Waals surface area contributed by atoms with Gasteiger partial charge in [-0.15, -0.1) is 0 Å². The Kier molecular flexibility index (Phi) is 4.62. The summed E-state index contributed by atoms with van der Waals surface area (Å²) in [6.45, 7) is 8.54. The minimum absolute atomic E-state index is 0.0991. The van der Waals surface area contributed by atoms with Crippen LogP contribution in [0.15, 0.2) is 35.7 Å². The van der Waals surface area contributed by atoms with Crippen LogP contribution in [0.1, 0.15) is 45.4 Å². The van der Waals surface area contributed by atoms with Gasteiger partial charge in [-0.1, -0.05) is 19.1 Å². The van der Waals surface area contributed by atoms with Crippen molar-refractivity contribution in [3.8, 4) is 0 Å². The standard InChI is InChI=1S/C17H26FN/c1-4-5-16(18)12-15-6-7-17(13-14(15)2)8-10-19(3)11-9-17/h5,12H,2,4,6-11,13H2,1,3H3/b15-12-,16-5+. The van der Waals surface area contributed by atoms with Crippen molar-refractivity contribution in [3.05, 3.63) is 35.7 Å². The summed E-state index contributed by atoms with van der Waals surface area (Å²) in [5, 5.41) is 0. The first-order valence-electron chi connectivity index (χ1n) is 7.47. The van der Waals surface area contributed by atoms with Crippen molar-refractivity contribution in [2.75, 3.05) is 20.1 Å². The first kappa shape index (κ1) is 14.5. The van der Waals surface area contributed by atoms with Gasteiger partial charge in [0, 0.05) is 0 Å². The summed E-state index contributed by atoms with van der Waals surface area (Å²) in [5.41, 5.74) is 2.74.